The largest absolute Gasteiger partial charge is 0.439 e. The summed E-state index contributed by atoms with van der Waals surface area (Å²) >= 11 is 5.84. The molecule has 0 aliphatic rings. The van der Waals surface area contributed by atoms with Gasteiger partial charge >= 0.3 is 0 Å². The molecule has 4 nitrogen and oxygen atoms in total. The topological polar surface area (TPSA) is 61.0 Å². The molecule has 0 aliphatic heterocycles. The highest BCUT2D eigenvalue weighted by Crippen LogP contribution is 2.28. The highest BCUT2D eigenvalue weighted by molar-refractivity contribution is 6.30. The number of hydrogen-bond donors (Lipinski definition) is 1. The van der Waals surface area contributed by atoms with E-state index >= 15 is 0 Å². The van der Waals surface area contributed by atoms with Gasteiger partial charge in [0.1, 0.15) is 17.4 Å². The normalized spacial score (nSPS) is 10.8. The van der Waals surface area contributed by atoms with Gasteiger partial charge in [0.2, 0.25) is 5.88 Å². The van der Waals surface area contributed by atoms with Gasteiger partial charge in [-0.1, -0.05) is 25.4 Å². The molecule has 1 heterocycles. The minimum atomic E-state index is 0.190. The zero-order valence-electron chi connectivity index (χ0n) is 11.1. The Labute approximate surface area is 117 Å². The number of aromatic nitrogens is 2. The third kappa shape index (κ3) is 3.15. The van der Waals surface area contributed by atoms with E-state index in [4.69, 9.17) is 22.1 Å². The van der Waals surface area contributed by atoms with E-state index in [9.17, 15) is 0 Å². The second-order valence-electron chi connectivity index (χ2n) is 4.61. The quantitative estimate of drug-likeness (QED) is 0.923. The zero-order valence-corrected chi connectivity index (χ0v) is 11.9. The monoisotopic (exact) mass is 277 g/mol. The van der Waals surface area contributed by atoms with Gasteiger partial charge in [-0.15, -0.1) is 0 Å². The van der Waals surface area contributed by atoms with E-state index in [1.807, 2.05) is 20.8 Å². The summed E-state index contributed by atoms with van der Waals surface area (Å²) in [5, 5.41) is 0.661. The maximum absolute atomic E-state index is 5.88. The number of nitrogens with two attached hydrogens (primary N) is 1. The smallest absolute Gasteiger partial charge is 0.227 e. The van der Waals surface area contributed by atoms with E-state index in [1.165, 1.54) is 0 Å². The Bertz CT molecular complexity index is 582. The first-order valence-corrected chi connectivity index (χ1v) is 6.42. The van der Waals surface area contributed by atoms with Gasteiger partial charge in [0, 0.05) is 10.9 Å². The van der Waals surface area contributed by atoms with Crippen LogP contribution < -0.4 is 10.5 Å². The van der Waals surface area contributed by atoms with Crippen LogP contribution in [-0.2, 0) is 0 Å². The minimum absolute atomic E-state index is 0.190. The minimum Gasteiger partial charge on any atom is -0.439 e. The summed E-state index contributed by atoms with van der Waals surface area (Å²) in [4.78, 5) is 8.66. The molecule has 2 rings (SSSR count). The molecule has 1 aromatic heterocycles. The molecule has 0 spiro atoms. The van der Waals surface area contributed by atoms with Gasteiger partial charge in [-0.2, -0.15) is 4.98 Å². The highest BCUT2D eigenvalue weighted by Gasteiger charge is 2.13. The molecular weight excluding hydrogens is 262 g/mol. The molecule has 100 valence electrons. The molecule has 0 radical (unpaired) electrons. The second-order valence-corrected chi connectivity index (χ2v) is 5.04. The maximum atomic E-state index is 5.88. The number of ether oxygens (including phenoxy) is 1. The van der Waals surface area contributed by atoms with Crippen molar-refractivity contribution in [1.82, 2.24) is 9.97 Å². The Kier molecular flexibility index (Phi) is 3.90. The van der Waals surface area contributed by atoms with Gasteiger partial charge in [-0.05, 0) is 31.2 Å². The van der Waals surface area contributed by atoms with Crippen LogP contribution in [0.2, 0.25) is 5.02 Å². The van der Waals surface area contributed by atoms with Crippen LogP contribution in [0.15, 0.2) is 24.3 Å². The Morgan fingerprint density at radius 3 is 2.37 bits per heavy atom. The lowest BCUT2D eigenvalue weighted by Crippen LogP contribution is -2.06. The first kappa shape index (κ1) is 13.6. The summed E-state index contributed by atoms with van der Waals surface area (Å²) < 4.78 is 5.75. The third-order valence-corrected chi connectivity index (χ3v) is 2.95. The number of nitrogen functional groups attached to an aromatic ring is 1. The van der Waals surface area contributed by atoms with E-state index in [-0.39, 0.29) is 5.92 Å². The first-order chi connectivity index (χ1) is 8.97. The summed E-state index contributed by atoms with van der Waals surface area (Å²) in [6.45, 7) is 5.86. The van der Waals surface area contributed by atoms with E-state index < -0.39 is 0 Å². The van der Waals surface area contributed by atoms with Crippen LogP contribution in [0.25, 0.3) is 0 Å². The fourth-order valence-corrected chi connectivity index (χ4v) is 1.63. The summed E-state index contributed by atoms with van der Waals surface area (Å²) in [5.41, 5.74) is 6.62. The Hall–Kier alpha value is -1.81. The lowest BCUT2D eigenvalue weighted by molar-refractivity contribution is 0.453. The summed E-state index contributed by atoms with van der Waals surface area (Å²) in [6.07, 6.45) is 0. The molecule has 0 unspecified atom stereocenters. The number of rotatable bonds is 3. The molecule has 0 fully saturated rings. The molecule has 2 aromatic rings. The van der Waals surface area contributed by atoms with Crippen molar-refractivity contribution in [2.45, 2.75) is 26.7 Å². The maximum Gasteiger partial charge on any atom is 0.227 e. The van der Waals surface area contributed by atoms with Crippen molar-refractivity contribution in [1.29, 1.82) is 0 Å². The number of halogens is 1. The number of hydrogen-bond acceptors (Lipinski definition) is 4. The average molecular weight is 278 g/mol. The van der Waals surface area contributed by atoms with E-state index in [2.05, 4.69) is 9.97 Å². The van der Waals surface area contributed by atoms with E-state index in [0.29, 0.717) is 28.3 Å². The van der Waals surface area contributed by atoms with Crippen molar-refractivity contribution in [2.24, 2.45) is 0 Å². The van der Waals surface area contributed by atoms with Crippen molar-refractivity contribution in [3.63, 3.8) is 0 Å². The van der Waals surface area contributed by atoms with Crippen molar-refractivity contribution >= 4 is 17.4 Å². The molecule has 0 saturated heterocycles. The van der Waals surface area contributed by atoms with Crippen molar-refractivity contribution in [2.75, 3.05) is 5.73 Å². The van der Waals surface area contributed by atoms with Crippen LogP contribution in [0.4, 0.5) is 5.82 Å². The predicted molar refractivity (Wildman–Crippen MR) is 76.8 cm³/mol. The van der Waals surface area contributed by atoms with Crippen molar-refractivity contribution in [3.05, 3.63) is 40.7 Å². The molecule has 0 bridgehead atoms. The van der Waals surface area contributed by atoms with Gasteiger partial charge in [0.05, 0.1) is 5.56 Å². The number of anilines is 1. The number of nitrogens with zero attached hydrogens (tertiary/aromatic N) is 2. The summed E-state index contributed by atoms with van der Waals surface area (Å²) in [7, 11) is 0. The number of benzene rings is 1. The molecule has 5 heteroatoms. The van der Waals surface area contributed by atoms with Crippen LogP contribution in [-0.4, -0.2) is 9.97 Å². The van der Waals surface area contributed by atoms with Crippen LogP contribution >= 0.6 is 11.6 Å². The van der Waals surface area contributed by atoms with Crippen LogP contribution in [0.3, 0.4) is 0 Å². The highest BCUT2D eigenvalue weighted by atomic mass is 35.5. The fourth-order valence-electron chi connectivity index (χ4n) is 1.50. The van der Waals surface area contributed by atoms with Crippen molar-refractivity contribution < 1.29 is 4.74 Å². The molecular formula is C14H16ClN3O. The van der Waals surface area contributed by atoms with Gasteiger partial charge in [0.25, 0.3) is 0 Å². The van der Waals surface area contributed by atoms with Gasteiger partial charge in [-0.25, -0.2) is 4.98 Å². The summed E-state index contributed by atoms with van der Waals surface area (Å²) in [6, 6.07) is 7.10. The molecule has 0 aliphatic carbocycles. The van der Waals surface area contributed by atoms with E-state index in [0.717, 1.165) is 5.56 Å². The Morgan fingerprint density at radius 2 is 1.79 bits per heavy atom. The molecule has 2 N–H and O–H groups in total. The predicted octanol–water partition coefficient (Wildman–Crippen LogP) is 3.94. The second kappa shape index (κ2) is 5.45. The molecule has 1 aromatic carbocycles. The molecule has 0 atom stereocenters. The van der Waals surface area contributed by atoms with Gasteiger partial charge < -0.3 is 10.5 Å². The fraction of sp³-hybridized carbons (Fsp3) is 0.286. The molecule has 0 amide bonds. The standard InChI is InChI=1S/C14H16ClN3O/c1-8(2)13-17-12(16)9(3)14(18-13)19-11-6-4-10(15)5-7-11/h4-8H,1-3H3,(H2,16,17,18). The van der Waals surface area contributed by atoms with E-state index in [1.54, 1.807) is 24.3 Å². The molecule has 0 saturated carbocycles. The van der Waals surface area contributed by atoms with Crippen molar-refractivity contribution in [3.8, 4) is 11.6 Å². The third-order valence-electron chi connectivity index (χ3n) is 2.70. The lowest BCUT2D eigenvalue weighted by atomic mass is 10.2. The SMILES string of the molecule is Cc1c(N)nc(C(C)C)nc1Oc1ccc(Cl)cc1. The zero-order chi connectivity index (χ0) is 14.0. The van der Waals surface area contributed by atoms with Crippen LogP contribution in [0.5, 0.6) is 11.6 Å². The van der Waals surface area contributed by atoms with Crippen LogP contribution in [0, 0.1) is 6.92 Å². The summed E-state index contributed by atoms with van der Waals surface area (Å²) in [5.74, 6) is 2.46. The lowest BCUT2D eigenvalue weighted by Gasteiger charge is -2.12. The average Bonchev–Trinajstić information content (AvgIpc) is 2.37. The Morgan fingerprint density at radius 1 is 1.16 bits per heavy atom. The first-order valence-electron chi connectivity index (χ1n) is 6.05. The van der Waals surface area contributed by atoms with Gasteiger partial charge in [0.15, 0.2) is 0 Å². The molecule has 19 heavy (non-hydrogen) atoms. The van der Waals surface area contributed by atoms with Crippen LogP contribution in [0.1, 0.15) is 31.2 Å². The Balaban J connectivity index is 2.36. The van der Waals surface area contributed by atoms with Gasteiger partial charge in [-0.3, -0.25) is 0 Å².